The van der Waals surface area contributed by atoms with Gasteiger partial charge in [0.05, 0.1) is 0 Å². The van der Waals surface area contributed by atoms with Gasteiger partial charge >= 0.3 is 0 Å². The number of aryl methyl sites for hydroxylation is 2. The minimum absolute atomic E-state index is 0.251. The van der Waals surface area contributed by atoms with Gasteiger partial charge in [-0.15, -0.1) is 0 Å². The molecule has 0 spiro atoms. The predicted octanol–water partition coefficient (Wildman–Crippen LogP) is 3.00. The quantitative estimate of drug-likeness (QED) is 0.813. The lowest BCUT2D eigenvalue weighted by molar-refractivity contribution is -0.116. The summed E-state index contributed by atoms with van der Waals surface area (Å²) in [6.07, 6.45) is 3.49. The summed E-state index contributed by atoms with van der Waals surface area (Å²) in [6, 6.07) is 6.34. The van der Waals surface area contributed by atoms with E-state index >= 15 is 0 Å². The molecule has 1 aromatic heterocycles. The number of aromatic nitrogens is 1. The van der Waals surface area contributed by atoms with Crippen molar-refractivity contribution in [1.82, 2.24) is 4.98 Å². The van der Waals surface area contributed by atoms with E-state index in [1.807, 2.05) is 6.20 Å². The Hall–Kier alpha value is -1.57. The SMILES string of the molecule is CC(=O)CCc1ccc2[nH]cc(C)c2c1. The lowest BCUT2D eigenvalue weighted by atomic mass is 10.0. The molecule has 0 bridgehead atoms. The molecule has 0 aliphatic carbocycles. The third-order valence-electron chi connectivity index (χ3n) is 2.72. The average Bonchev–Trinajstić information content (AvgIpc) is 2.57. The van der Waals surface area contributed by atoms with Gasteiger partial charge in [0.25, 0.3) is 0 Å². The fraction of sp³-hybridized carbons (Fsp3) is 0.308. The van der Waals surface area contributed by atoms with E-state index in [0.29, 0.717) is 6.42 Å². The summed E-state index contributed by atoms with van der Waals surface area (Å²) >= 11 is 0. The summed E-state index contributed by atoms with van der Waals surface area (Å²) in [6.45, 7) is 3.73. The van der Waals surface area contributed by atoms with E-state index in [4.69, 9.17) is 0 Å². The second-order valence-corrected chi connectivity index (χ2v) is 4.05. The Morgan fingerprint density at radius 2 is 2.20 bits per heavy atom. The normalized spacial score (nSPS) is 10.8. The smallest absolute Gasteiger partial charge is 0.130 e. The highest BCUT2D eigenvalue weighted by Crippen LogP contribution is 2.19. The lowest BCUT2D eigenvalue weighted by Crippen LogP contribution is -1.93. The third kappa shape index (κ3) is 2.09. The maximum atomic E-state index is 10.9. The van der Waals surface area contributed by atoms with Crippen LogP contribution in [0.4, 0.5) is 0 Å². The van der Waals surface area contributed by atoms with Crippen molar-refractivity contribution in [3.63, 3.8) is 0 Å². The van der Waals surface area contributed by atoms with Gasteiger partial charge < -0.3 is 9.78 Å². The number of Topliss-reactive ketones (excluding diaryl/α,β-unsaturated/α-hetero) is 1. The van der Waals surface area contributed by atoms with E-state index in [9.17, 15) is 4.79 Å². The Morgan fingerprint density at radius 1 is 1.40 bits per heavy atom. The third-order valence-corrected chi connectivity index (χ3v) is 2.72. The van der Waals surface area contributed by atoms with Crippen LogP contribution in [0.3, 0.4) is 0 Å². The number of nitrogens with one attached hydrogen (secondary N) is 1. The molecule has 0 atom stereocenters. The summed E-state index contributed by atoms with van der Waals surface area (Å²) in [5.74, 6) is 0.251. The van der Waals surface area contributed by atoms with Crippen LogP contribution in [0.1, 0.15) is 24.5 Å². The fourth-order valence-electron chi connectivity index (χ4n) is 1.78. The lowest BCUT2D eigenvalue weighted by Gasteiger charge is -2.00. The Bertz CT molecular complexity index is 496. The molecule has 1 heterocycles. The summed E-state index contributed by atoms with van der Waals surface area (Å²) in [5.41, 5.74) is 3.66. The van der Waals surface area contributed by atoms with Crippen molar-refractivity contribution in [2.24, 2.45) is 0 Å². The maximum absolute atomic E-state index is 10.9. The molecule has 0 saturated carbocycles. The molecule has 15 heavy (non-hydrogen) atoms. The Morgan fingerprint density at radius 3 is 2.93 bits per heavy atom. The van der Waals surface area contributed by atoms with Gasteiger partial charge in [-0.05, 0) is 43.5 Å². The monoisotopic (exact) mass is 201 g/mol. The van der Waals surface area contributed by atoms with Crippen molar-refractivity contribution >= 4 is 16.7 Å². The van der Waals surface area contributed by atoms with Crippen LogP contribution in [0.5, 0.6) is 0 Å². The summed E-state index contributed by atoms with van der Waals surface area (Å²) < 4.78 is 0. The van der Waals surface area contributed by atoms with Gasteiger partial charge in [0.1, 0.15) is 5.78 Å². The molecule has 2 heteroatoms. The molecule has 1 N–H and O–H groups in total. The van der Waals surface area contributed by atoms with Gasteiger partial charge in [0.2, 0.25) is 0 Å². The minimum Gasteiger partial charge on any atom is -0.361 e. The first-order valence-corrected chi connectivity index (χ1v) is 5.23. The van der Waals surface area contributed by atoms with Crippen LogP contribution in [-0.4, -0.2) is 10.8 Å². The molecule has 2 nitrogen and oxygen atoms in total. The van der Waals surface area contributed by atoms with E-state index in [0.717, 1.165) is 6.42 Å². The van der Waals surface area contributed by atoms with Crippen LogP contribution >= 0.6 is 0 Å². The number of fused-ring (bicyclic) bond motifs is 1. The molecule has 0 aliphatic heterocycles. The molecule has 0 fully saturated rings. The van der Waals surface area contributed by atoms with Crippen molar-refractivity contribution in [3.8, 4) is 0 Å². The van der Waals surface area contributed by atoms with Gasteiger partial charge in [0, 0.05) is 23.5 Å². The summed E-state index contributed by atoms with van der Waals surface area (Å²) in [4.78, 5) is 14.1. The molecule has 78 valence electrons. The number of ketones is 1. The van der Waals surface area contributed by atoms with Crippen molar-refractivity contribution in [2.45, 2.75) is 26.7 Å². The van der Waals surface area contributed by atoms with Gasteiger partial charge in [-0.3, -0.25) is 0 Å². The zero-order chi connectivity index (χ0) is 10.8. The first-order chi connectivity index (χ1) is 7.16. The molecule has 0 aliphatic rings. The zero-order valence-electron chi connectivity index (χ0n) is 9.13. The predicted molar refractivity (Wildman–Crippen MR) is 62.0 cm³/mol. The molecule has 0 saturated heterocycles. The highest BCUT2D eigenvalue weighted by atomic mass is 16.1. The first-order valence-electron chi connectivity index (χ1n) is 5.23. The van der Waals surface area contributed by atoms with E-state index in [2.05, 4.69) is 30.1 Å². The van der Waals surface area contributed by atoms with Crippen LogP contribution in [0.15, 0.2) is 24.4 Å². The number of hydrogen-bond donors (Lipinski definition) is 1. The van der Waals surface area contributed by atoms with E-state index in [1.165, 1.54) is 22.0 Å². The first kappa shape index (κ1) is 9.97. The van der Waals surface area contributed by atoms with Crippen LogP contribution in [0.25, 0.3) is 10.9 Å². The second kappa shape index (κ2) is 3.89. The van der Waals surface area contributed by atoms with Crippen LogP contribution in [-0.2, 0) is 11.2 Å². The molecule has 2 rings (SSSR count). The van der Waals surface area contributed by atoms with Crippen LogP contribution in [0, 0.1) is 6.92 Å². The highest BCUT2D eigenvalue weighted by Gasteiger charge is 2.02. The number of carbonyl (C=O) groups is 1. The number of aromatic amines is 1. The second-order valence-electron chi connectivity index (χ2n) is 4.05. The summed E-state index contributed by atoms with van der Waals surface area (Å²) in [5, 5.41) is 1.26. The van der Waals surface area contributed by atoms with Crippen LogP contribution < -0.4 is 0 Å². The zero-order valence-corrected chi connectivity index (χ0v) is 9.13. The molecule has 0 radical (unpaired) electrons. The maximum Gasteiger partial charge on any atom is 0.130 e. The molecule has 0 amide bonds. The number of benzene rings is 1. The standard InChI is InChI=1S/C13H15NO/c1-9-8-14-13-6-5-11(7-12(9)13)4-3-10(2)15/h5-8,14H,3-4H2,1-2H3. The van der Waals surface area contributed by atoms with E-state index < -0.39 is 0 Å². The number of carbonyl (C=O) groups excluding carboxylic acids is 1. The number of rotatable bonds is 3. The minimum atomic E-state index is 0.251. The van der Waals surface area contributed by atoms with Crippen LogP contribution in [0.2, 0.25) is 0 Å². The largest absolute Gasteiger partial charge is 0.361 e. The molecule has 1 aromatic carbocycles. The topological polar surface area (TPSA) is 32.9 Å². The van der Waals surface area contributed by atoms with Crippen molar-refractivity contribution < 1.29 is 4.79 Å². The van der Waals surface area contributed by atoms with E-state index in [1.54, 1.807) is 6.92 Å². The average molecular weight is 201 g/mol. The van der Waals surface area contributed by atoms with E-state index in [-0.39, 0.29) is 5.78 Å². The molecular weight excluding hydrogens is 186 g/mol. The number of hydrogen-bond acceptors (Lipinski definition) is 1. The Kier molecular flexibility index (Phi) is 2.58. The van der Waals surface area contributed by atoms with Gasteiger partial charge in [0.15, 0.2) is 0 Å². The van der Waals surface area contributed by atoms with Crippen molar-refractivity contribution in [2.75, 3.05) is 0 Å². The highest BCUT2D eigenvalue weighted by molar-refractivity contribution is 5.83. The van der Waals surface area contributed by atoms with Gasteiger partial charge in [-0.1, -0.05) is 6.07 Å². The summed E-state index contributed by atoms with van der Waals surface area (Å²) in [7, 11) is 0. The van der Waals surface area contributed by atoms with Gasteiger partial charge in [-0.2, -0.15) is 0 Å². The molecule has 0 unspecified atom stereocenters. The van der Waals surface area contributed by atoms with Crippen molar-refractivity contribution in [3.05, 3.63) is 35.5 Å². The van der Waals surface area contributed by atoms with Crippen molar-refractivity contribution in [1.29, 1.82) is 0 Å². The molecular formula is C13H15NO. The number of H-pyrrole nitrogens is 1. The molecule has 2 aromatic rings. The Balaban J connectivity index is 2.29. The van der Waals surface area contributed by atoms with Gasteiger partial charge in [-0.25, -0.2) is 0 Å². The Labute approximate surface area is 89.3 Å². The fourth-order valence-corrected chi connectivity index (χ4v) is 1.78.